The number of nitrogens with one attached hydrogen (secondary N) is 2. The highest BCUT2D eigenvalue weighted by atomic mass is 35.5. The molecule has 0 bridgehead atoms. The Morgan fingerprint density at radius 2 is 2.00 bits per heavy atom. The standard InChI is InChI=1S/C24H21ClN6O/c1-2-18-7-6-15(14-26-18)20-9-8-19(13-21(20)22-28-30-31-29-22)27-23(32)24(10-11-24)16-4-3-5-17(25)12-16/h3-9,12-14H,2,10-11H2,1H3,(H,27,32)(H,28,29,30,31). The number of hydrogen-bond donors (Lipinski definition) is 2. The zero-order valence-electron chi connectivity index (χ0n) is 17.5. The van der Waals surface area contributed by atoms with Crippen molar-refractivity contribution in [3.63, 3.8) is 0 Å². The van der Waals surface area contributed by atoms with Crippen LogP contribution in [0.3, 0.4) is 0 Å². The molecule has 5 rings (SSSR count). The van der Waals surface area contributed by atoms with E-state index in [-0.39, 0.29) is 5.91 Å². The van der Waals surface area contributed by atoms with Crippen molar-refractivity contribution >= 4 is 23.2 Å². The summed E-state index contributed by atoms with van der Waals surface area (Å²) in [5, 5.41) is 18.0. The van der Waals surface area contributed by atoms with E-state index in [1.54, 1.807) is 0 Å². The lowest BCUT2D eigenvalue weighted by Gasteiger charge is -2.17. The summed E-state index contributed by atoms with van der Waals surface area (Å²) in [6.07, 6.45) is 4.31. The molecule has 2 aromatic heterocycles. The average Bonchev–Trinajstić information content (AvgIpc) is 3.46. The first-order valence-electron chi connectivity index (χ1n) is 10.5. The van der Waals surface area contributed by atoms with Gasteiger partial charge >= 0.3 is 0 Å². The fraction of sp³-hybridized carbons (Fsp3) is 0.208. The number of pyridine rings is 1. The summed E-state index contributed by atoms with van der Waals surface area (Å²) >= 11 is 6.16. The number of hydrogen-bond acceptors (Lipinski definition) is 5. The van der Waals surface area contributed by atoms with Crippen LogP contribution in [0.25, 0.3) is 22.5 Å². The number of carbonyl (C=O) groups is 1. The molecule has 0 spiro atoms. The van der Waals surface area contributed by atoms with Gasteiger partial charge in [0.1, 0.15) is 0 Å². The fourth-order valence-corrected chi connectivity index (χ4v) is 4.13. The number of H-pyrrole nitrogens is 1. The molecule has 0 saturated heterocycles. The van der Waals surface area contributed by atoms with Crippen molar-refractivity contribution in [2.45, 2.75) is 31.6 Å². The second-order valence-electron chi connectivity index (χ2n) is 7.95. The molecule has 32 heavy (non-hydrogen) atoms. The predicted octanol–water partition coefficient (Wildman–Crippen LogP) is 4.81. The Kier molecular flexibility index (Phi) is 5.19. The highest BCUT2D eigenvalue weighted by Gasteiger charge is 2.51. The molecule has 7 nitrogen and oxygen atoms in total. The zero-order chi connectivity index (χ0) is 22.1. The number of aromatic amines is 1. The zero-order valence-corrected chi connectivity index (χ0v) is 18.2. The summed E-state index contributed by atoms with van der Waals surface area (Å²) in [6.45, 7) is 2.07. The van der Waals surface area contributed by atoms with E-state index in [0.29, 0.717) is 16.5 Å². The average molecular weight is 445 g/mol. The Morgan fingerprint density at radius 3 is 2.66 bits per heavy atom. The molecule has 1 fully saturated rings. The molecule has 2 N–H and O–H groups in total. The van der Waals surface area contributed by atoms with Crippen LogP contribution in [0.1, 0.15) is 31.0 Å². The van der Waals surface area contributed by atoms with Gasteiger partial charge in [0.15, 0.2) is 5.82 Å². The predicted molar refractivity (Wildman–Crippen MR) is 123 cm³/mol. The number of aryl methyl sites for hydroxylation is 1. The van der Waals surface area contributed by atoms with Crippen LogP contribution in [-0.2, 0) is 16.6 Å². The first kappa shape index (κ1) is 20.3. The quantitative estimate of drug-likeness (QED) is 0.444. The molecular weight excluding hydrogens is 424 g/mol. The van der Waals surface area contributed by atoms with Gasteiger partial charge in [-0.05, 0) is 71.1 Å². The van der Waals surface area contributed by atoms with Crippen molar-refractivity contribution in [1.29, 1.82) is 0 Å². The van der Waals surface area contributed by atoms with Crippen LogP contribution in [0.5, 0.6) is 0 Å². The molecule has 2 aromatic carbocycles. The maximum atomic E-state index is 13.2. The lowest BCUT2D eigenvalue weighted by atomic mass is 9.94. The van der Waals surface area contributed by atoms with E-state index in [9.17, 15) is 4.79 Å². The summed E-state index contributed by atoms with van der Waals surface area (Å²) in [6, 6.07) is 17.3. The Labute approximate surface area is 190 Å². The molecule has 0 atom stereocenters. The van der Waals surface area contributed by atoms with Crippen molar-refractivity contribution < 1.29 is 4.79 Å². The molecule has 160 valence electrons. The number of amides is 1. The van der Waals surface area contributed by atoms with E-state index < -0.39 is 5.41 Å². The van der Waals surface area contributed by atoms with Gasteiger partial charge in [-0.15, -0.1) is 5.10 Å². The number of benzene rings is 2. The van der Waals surface area contributed by atoms with E-state index >= 15 is 0 Å². The Balaban J connectivity index is 1.48. The lowest BCUT2D eigenvalue weighted by molar-refractivity contribution is -0.118. The summed E-state index contributed by atoms with van der Waals surface area (Å²) in [5.41, 5.74) is 4.77. The molecule has 1 aliphatic rings. The van der Waals surface area contributed by atoms with Crippen molar-refractivity contribution in [2.24, 2.45) is 0 Å². The van der Waals surface area contributed by atoms with Gasteiger partial charge in [-0.25, -0.2) is 5.10 Å². The Hall–Kier alpha value is -3.58. The molecule has 0 radical (unpaired) electrons. The van der Waals surface area contributed by atoms with E-state index in [1.165, 1.54) is 0 Å². The smallest absolute Gasteiger partial charge is 0.235 e. The van der Waals surface area contributed by atoms with Crippen molar-refractivity contribution in [2.75, 3.05) is 5.32 Å². The van der Waals surface area contributed by atoms with E-state index in [0.717, 1.165) is 47.2 Å². The van der Waals surface area contributed by atoms with Crippen LogP contribution in [-0.4, -0.2) is 31.5 Å². The number of anilines is 1. The van der Waals surface area contributed by atoms with Gasteiger partial charge in [0.05, 0.1) is 5.41 Å². The number of tetrazole rings is 1. The Morgan fingerprint density at radius 1 is 1.12 bits per heavy atom. The van der Waals surface area contributed by atoms with Gasteiger partial charge in [0.2, 0.25) is 5.91 Å². The highest BCUT2D eigenvalue weighted by molar-refractivity contribution is 6.30. The maximum absolute atomic E-state index is 13.2. The molecule has 4 aromatic rings. The minimum atomic E-state index is -0.530. The van der Waals surface area contributed by atoms with Crippen molar-refractivity contribution in [3.8, 4) is 22.5 Å². The highest BCUT2D eigenvalue weighted by Crippen LogP contribution is 2.49. The fourth-order valence-electron chi connectivity index (χ4n) is 3.94. The van der Waals surface area contributed by atoms with E-state index in [1.807, 2.05) is 60.8 Å². The van der Waals surface area contributed by atoms with Crippen LogP contribution in [0.2, 0.25) is 5.02 Å². The largest absolute Gasteiger partial charge is 0.325 e. The molecule has 1 aliphatic carbocycles. The number of aromatic nitrogens is 5. The Bertz CT molecular complexity index is 1270. The SMILES string of the molecule is CCc1ccc(-c2ccc(NC(=O)C3(c4cccc(Cl)c4)CC3)cc2-c2nnn[nH]2)cn1. The van der Waals surface area contributed by atoms with Crippen LogP contribution >= 0.6 is 11.6 Å². The summed E-state index contributed by atoms with van der Waals surface area (Å²) in [7, 11) is 0. The van der Waals surface area contributed by atoms with Crippen molar-refractivity contribution in [3.05, 3.63) is 77.1 Å². The maximum Gasteiger partial charge on any atom is 0.235 e. The minimum absolute atomic E-state index is 0.0388. The molecule has 1 saturated carbocycles. The molecule has 1 amide bonds. The topological polar surface area (TPSA) is 96.5 Å². The molecule has 8 heteroatoms. The molecule has 0 unspecified atom stereocenters. The molecule has 0 aliphatic heterocycles. The second-order valence-corrected chi connectivity index (χ2v) is 8.38. The first-order valence-corrected chi connectivity index (χ1v) is 10.9. The third-order valence-electron chi connectivity index (χ3n) is 5.94. The van der Waals surface area contributed by atoms with E-state index in [4.69, 9.17) is 11.6 Å². The third-order valence-corrected chi connectivity index (χ3v) is 6.17. The minimum Gasteiger partial charge on any atom is -0.325 e. The third kappa shape index (κ3) is 3.76. The van der Waals surface area contributed by atoms with Gasteiger partial charge in [-0.3, -0.25) is 9.78 Å². The van der Waals surface area contributed by atoms with Gasteiger partial charge in [0.25, 0.3) is 0 Å². The van der Waals surface area contributed by atoms with Crippen LogP contribution in [0.15, 0.2) is 60.8 Å². The van der Waals surface area contributed by atoms with Gasteiger partial charge < -0.3 is 5.32 Å². The summed E-state index contributed by atoms with van der Waals surface area (Å²) in [4.78, 5) is 17.7. The summed E-state index contributed by atoms with van der Waals surface area (Å²) < 4.78 is 0. The van der Waals surface area contributed by atoms with E-state index in [2.05, 4.69) is 37.8 Å². The monoisotopic (exact) mass is 444 g/mol. The number of halogens is 1. The van der Waals surface area contributed by atoms with Gasteiger partial charge in [-0.1, -0.05) is 42.8 Å². The second kappa shape index (κ2) is 8.16. The number of nitrogens with zero attached hydrogens (tertiary/aromatic N) is 4. The van der Waals surface area contributed by atoms with Gasteiger partial charge in [0, 0.05) is 33.7 Å². The number of rotatable bonds is 6. The van der Waals surface area contributed by atoms with Crippen LogP contribution in [0, 0.1) is 0 Å². The van der Waals surface area contributed by atoms with Crippen LogP contribution < -0.4 is 5.32 Å². The number of carbonyl (C=O) groups excluding carboxylic acids is 1. The summed E-state index contributed by atoms with van der Waals surface area (Å²) in [5.74, 6) is 0.481. The first-order chi connectivity index (χ1) is 15.6. The van der Waals surface area contributed by atoms with Crippen LogP contribution in [0.4, 0.5) is 5.69 Å². The van der Waals surface area contributed by atoms with Gasteiger partial charge in [-0.2, -0.15) is 0 Å². The van der Waals surface area contributed by atoms with Crippen molar-refractivity contribution in [1.82, 2.24) is 25.6 Å². The molecule has 2 heterocycles. The molecular formula is C24H21ClN6O. The normalized spacial score (nSPS) is 14.2. The lowest BCUT2D eigenvalue weighted by Crippen LogP contribution is -2.27.